The number of amides is 1. The van der Waals surface area contributed by atoms with Gasteiger partial charge < -0.3 is 23.9 Å². The molecule has 36 heavy (non-hydrogen) atoms. The van der Waals surface area contributed by atoms with E-state index < -0.39 is 23.6 Å². The van der Waals surface area contributed by atoms with Crippen molar-refractivity contribution in [2.75, 3.05) is 6.54 Å². The number of aryl methyl sites for hydroxylation is 1. The number of carbonyl (C=O) groups excluding carboxylic acids is 1. The average molecular weight is 517 g/mol. The van der Waals surface area contributed by atoms with Gasteiger partial charge in [0.05, 0.1) is 10.4 Å². The average Bonchev–Trinajstić information content (AvgIpc) is 3.44. The van der Waals surface area contributed by atoms with Crippen molar-refractivity contribution in [3.8, 4) is 17.2 Å². The fraction of sp³-hybridized carbons (Fsp3) is 0.346. The minimum Gasteiger partial charge on any atom is -0.487 e. The maximum Gasteiger partial charge on any atom is 0.507 e. The standard InChI is InChI=1S/C26H26ClFN2O6/c1-15-21(29-23(35-15)16-9-10-19(27)20(28)12-16)14-34-18-7-4-6-17(13-18)26(2,3)24(31)30-11-5-8-22(30)36-25(32)33/h4,6-7,9-10,12-13,22H,5,8,11,14H2,1-3H3,(H,32,33)/t22-/m1/s1. The molecule has 0 spiro atoms. The van der Waals surface area contributed by atoms with Crippen LogP contribution >= 0.6 is 11.6 Å². The van der Waals surface area contributed by atoms with E-state index in [0.29, 0.717) is 47.7 Å². The first kappa shape index (κ1) is 25.5. The van der Waals surface area contributed by atoms with E-state index in [0.717, 1.165) is 0 Å². The van der Waals surface area contributed by atoms with Crippen molar-refractivity contribution in [1.29, 1.82) is 0 Å². The quantitative estimate of drug-likeness (QED) is 0.387. The summed E-state index contributed by atoms with van der Waals surface area (Å²) in [5, 5.41) is 9.00. The zero-order valence-corrected chi connectivity index (χ0v) is 20.8. The zero-order chi connectivity index (χ0) is 26.0. The lowest BCUT2D eigenvalue weighted by Gasteiger charge is -2.32. The Bertz CT molecular complexity index is 1290. The van der Waals surface area contributed by atoms with Crippen molar-refractivity contribution >= 4 is 23.7 Å². The van der Waals surface area contributed by atoms with E-state index >= 15 is 0 Å². The van der Waals surface area contributed by atoms with Crippen molar-refractivity contribution in [3.63, 3.8) is 0 Å². The number of carboxylic acid groups (broad SMARTS) is 1. The van der Waals surface area contributed by atoms with Gasteiger partial charge in [0.1, 0.15) is 29.6 Å². The van der Waals surface area contributed by atoms with Crippen LogP contribution in [0.3, 0.4) is 0 Å². The molecule has 1 amide bonds. The lowest BCUT2D eigenvalue weighted by Crippen LogP contribution is -2.47. The number of benzene rings is 2. The van der Waals surface area contributed by atoms with Crippen LogP contribution in [0.5, 0.6) is 5.75 Å². The molecule has 0 bridgehead atoms. The van der Waals surface area contributed by atoms with Crippen molar-refractivity contribution in [1.82, 2.24) is 9.88 Å². The van der Waals surface area contributed by atoms with Crippen LogP contribution in [-0.4, -0.2) is 39.8 Å². The Morgan fingerprint density at radius 2 is 2.06 bits per heavy atom. The van der Waals surface area contributed by atoms with Gasteiger partial charge in [0.2, 0.25) is 11.8 Å². The summed E-state index contributed by atoms with van der Waals surface area (Å²) in [7, 11) is 0. The Morgan fingerprint density at radius 1 is 1.28 bits per heavy atom. The molecule has 1 aliphatic heterocycles. The highest BCUT2D eigenvalue weighted by Gasteiger charge is 2.40. The van der Waals surface area contributed by atoms with Crippen LogP contribution < -0.4 is 4.74 Å². The van der Waals surface area contributed by atoms with Gasteiger partial charge in [-0.15, -0.1) is 0 Å². The summed E-state index contributed by atoms with van der Waals surface area (Å²) < 4.78 is 30.3. The van der Waals surface area contributed by atoms with Crippen molar-refractivity contribution < 1.29 is 33.0 Å². The molecule has 0 radical (unpaired) electrons. The minimum absolute atomic E-state index is 0.0153. The maximum absolute atomic E-state index is 13.8. The Hall–Kier alpha value is -3.59. The van der Waals surface area contributed by atoms with Gasteiger partial charge in [-0.25, -0.2) is 14.2 Å². The third-order valence-corrected chi connectivity index (χ3v) is 6.53. The first-order chi connectivity index (χ1) is 17.1. The third-order valence-electron chi connectivity index (χ3n) is 6.22. The number of hydrogen-bond acceptors (Lipinski definition) is 6. The lowest BCUT2D eigenvalue weighted by molar-refractivity contribution is -0.144. The van der Waals surface area contributed by atoms with Gasteiger partial charge in [-0.2, -0.15) is 0 Å². The molecule has 1 aliphatic rings. The van der Waals surface area contributed by atoms with E-state index in [-0.39, 0.29) is 23.4 Å². The molecule has 1 fully saturated rings. The molecular weight excluding hydrogens is 491 g/mol. The third kappa shape index (κ3) is 5.31. The second-order valence-electron chi connectivity index (χ2n) is 9.07. The largest absolute Gasteiger partial charge is 0.507 e. The van der Waals surface area contributed by atoms with Crippen molar-refractivity contribution in [2.24, 2.45) is 0 Å². The molecule has 0 aliphatic carbocycles. The summed E-state index contributed by atoms with van der Waals surface area (Å²) >= 11 is 5.75. The fourth-order valence-electron chi connectivity index (χ4n) is 4.13. The number of rotatable bonds is 7. The highest BCUT2D eigenvalue weighted by molar-refractivity contribution is 6.30. The predicted octanol–water partition coefficient (Wildman–Crippen LogP) is 5.94. The molecule has 1 aromatic heterocycles. The molecule has 0 saturated carbocycles. The highest BCUT2D eigenvalue weighted by atomic mass is 35.5. The SMILES string of the molecule is Cc1oc(-c2ccc(Cl)c(F)c2)nc1COc1cccc(C(C)(C)C(=O)N2CCC[C@H]2OC(=O)O)c1. The summed E-state index contributed by atoms with van der Waals surface area (Å²) in [4.78, 5) is 30.2. The number of ether oxygens (including phenoxy) is 2. The van der Waals surface area contributed by atoms with Crippen LogP contribution in [-0.2, 0) is 21.6 Å². The number of aromatic nitrogens is 1. The number of likely N-dealkylation sites (tertiary alicyclic amines) is 1. The number of oxazole rings is 1. The summed E-state index contributed by atoms with van der Waals surface area (Å²) in [5.41, 5.74) is 0.770. The Kier molecular flexibility index (Phi) is 7.21. The molecule has 10 heteroatoms. The van der Waals surface area contributed by atoms with Crippen LogP contribution in [0.4, 0.5) is 9.18 Å². The molecule has 2 heterocycles. The smallest absolute Gasteiger partial charge is 0.487 e. The summed E-state index contributed by atoms with van der Waals surface area (Å²) in [6.07, 6.45) is -1.04. The lowest BCUT2D eigenvalue weighted by atomic mass is 9.83. The number of carbonyl (C=O) groups is 2. The second kappa shape index (κ2) is 10.2. The molecule has 3 aromatic rings. The number of halogens is 2. The first-order valence-corrected chi connectivity index (χ1v) is 11.8. The molecule has 8 nitrogen and oxygen atoms in total. The van der Waals surface area contributed by atoms with Crippen LogP contribution in [0, 0.1) is 12.7 Å². The number of nitrogens with zero attached hydrogens (tertiary/aromatic N) is 2. The van der Waals surface area contributed by atoms with E-state index in [1.165, 1.54) is 17.0 Å². The molecular formula is C26H26ClFN2O6. The molecule has 1 N–H and O–H groups in total. The fourth-order valence-corrected chi connectivity index (χ4v) is 4.25. The van der Waals surface area contributed by atoms with Gasteiger partial charge in [-0.3, -0.25) is 4.79 Å². The summed E-state index contributed by atoms with van der Waals surface area (Å²) in [6.45, 7) is 5.84. The van der Waals surface area contributed by atoms with Gasteiger partial charge >= 0.3 is 6.16 Å². The Morgan fingerprint density at radius 3 is 2.78 bits per heavy atom. The minimum atomic E-state index is -1.40. The number of hydrogen-bond donors (Lipinski definition) is 1. The molecule has 1 saturated heterocycles. The van der Waals surface area contributed by atoms with Gasteiger partial charge in [0.15, 0.2) is 6.23 Å². The van der Waals surface area contributed by atoms with Crippen LogP contribution in [0.2, 0.25) is 5.02 Å². The molecule has 1 atom stereocenters. The van der Waals surface area contributed by atoms with Crippen LogP contribution in [0.25, 0.3) is 11.5 Å². The van der Waals surface area contributed by atoms with Gasteiger partial charge in [-0.05, 0) is 63.1 Å². The molecule has 2 aromatic carbocycles. The topological polar surface area (TPSA) is 102 Å². The normalized spacial score (nSPS) is 15.7. The molecule has 190 valence electrons. The highest BCUT2D eigenvalue weighted by Crippen LogP contribution is 2.32. The zero-order valence-electron chi connectivity index (χ0n) is 20.1. The van der Waals surface area contributed by atoms with Gasteiger partial charge in [0.25, 0.3) is 0 Å². The first-order valence-electron chi connectivity index (χ1n) is 11.4. The summed E-state index contributed by atoms with van der Waals surface area (Å²) in [5.74, 6) is 0.521. The Labute approximate surface area is 212 Å². The molecule has 4 rings (SSSR count). The monoisotopic (exact) mass is 516 g/mol. The summed E-state index contributed by atoms with van der Waals surface area (Å²) in [6, 6.07) is 11.5. The molecule has 0 unspecified atom stereocenters. The predicted molar refractivity (Wildman–Crippen MR) is 129 cm³/mol. The Balaban J connectivity index is 1.47. The van der Waals surface area contributed by atoms with E-state index in [2.05, 4.69) is 4.98 Å². The van der Waals surface area contributed by atoms with Crippen LogP contribution in [0.1, 0.15) is 43.7 Å². The van der Waals surface area contributed by atoms with Gasteiger partial charge in [0, 0.05) is 18.5 Å². The van der Waals surface area contributed by atoms with E-state index in [1.54, 1.807) is 45.0 Å². The van der Waals surface area contributed by atoms with Crippen LogP contribution in [0.15, 0.2) is 46.9 Å². The van der Waals surface area contributed by atoms with E-state index in [9.17, 15) is 14.0 Å². The van der Waals surface area contributed by atoms with Crippen molar-refractivity contribution in [3.05, 3.63) is 70.3 Å². The maximum atomic E-state index is 13.8. The second-order valence-corrected chi connectivity index (χ2v) is 9.48. The van der Waals surface area contributed by atoms with Crippen molar-refractivity contribution in [2.45, 2.75) is 51.9 Å². The van der Waals surface area contributed by atoms with Gasteiger partial charge in [-0.1, -0.05) is 23.7 Å². The van der Waals surface area contributed by atoms with E-state index in [4.69, 9.17) is 30.6 Å². The van der Waals surface area contributed by atoms with E-state index in [1.807, 2.05) is 6.07 Å².